The van der Waals surface area contributed by atoms with E-state index in [4.69, 9.17) is 0 Å². The van der Waals surface area contributed by atoms with Crippen LogP contribution in [0.3, 0.4) is 0 Å². The van der Waals surface area contributed by atoms with Gasteiger partial charge < -0.3 is 15.5 Å². The molecule has 0 bridgehead atoms. The van der Waals surface area contributed by atoms with E-state index in [1.807, 2.05) is 33.2 Å². The number of nitrogens with zero attached hydrogens (tertiary/aromatic N) is 1. The third-order valence-electron chi connectivity index (χ3n) is 3.67. The smallest absolute Gasteiger partial charge is 0.227 e. The highest BCUT2D eigenvalue weighted by molar-refractivity contribution is 5.86. The summed E-state index contributed by atoms with van der Waals surface area (Å²) in [5.41, 5.74) is 2.20. The molecule has 3 unspecified atom stereocenters. The van der Waals surface area contributed by atoms with Crippen LogP contribution in [0.4, 0.5) is 5.69 Å². The van der Waals surface area contributed by atoms with E-state index in [0.717, 1.165) is 24.2 Å². The second kappa shape index (κ2) is 6.27. The Morgan fingerprint density at radius 3 is 2.85 bits per heavy atom. The molecule has 1 aliphatic rings. The number of benzene rings is 1. The number of rotatable bonds is 4. The summed E-state index contributed by atoms with van der Waals surface area (Å²) in [6, 6.07) is 8.59. The van der Waals surface area contributed by atoms with Gasteiger partial charge in [0, 0.05) is 24.3 Å². The Morgan fingerprint density at radius 1 is 1.45 bits per heavy atom. The Bertz CT molecular complexity index is 473. The second-order valence-electron chi connectivity index (χ2n) is 6.09. The van der Waals surface area contributed by atoms with E-state index in [9.17, 15) is 4.79 Å². The van der Waals surface area contributed by atoms with Crippen molar-refractivity contribution in [2.75, 3.05) is 26.0 Å². The van der Waals surface area contributed by atoms with E-state index in [1.54, 1.807) is 0 Å². The fraction of sp³-hybridized carbons (Fsp3) is 0.562. The maximum atomic E-state index is 12.5. The summed E-state index contributed by atoms with van der Waals surface area (Å²) in [5.74, 6) is 0.0900. The molecule has 20 heavy (non-hydrogen) atoms. The molecule has 3 atom stereocenters. The lowest BCUT2D eigenvalue weighted by Crippen LogP contribution is -2.43. The van der Waals surface area contributed by atoms with Gasteiger partial charge in [-0.2, -0.15) is 0 Å². The van der Waals surface area contributed by atoms with Crippen molar-refractivity contribution >= 4 is 11.6 Å². The van der Waals surface area contributed by atoms with Crippen LogP contribution in [0.2, 0.25) is 0 Å². The fourth-order valence-corrected chi connectivity index (χ4v) is 2.92. The largest absolute Gasteiger partial charge is 0.382 e. The molecule has 0 aliphatic carbocycles. The van der Waals surface area contributed by atoms with E-state index in [2.05, 4.69) is 34.6 Å². The maximum Gasteiger partial charge on any atom is 0.227 e. The molecule has 1 heterocycles. The van der Waals surface area contributed by atoms with Crippen LogP contribution in [0.1, 0.15) is 31.7 Å². The predicted octanol–water partition coefficient (Wildman–Crippen LogP) is 2.04. The Hall–Kier alpha value is -1.55. The topological polar surface area (TPSA) is 44.4 Å². The number of fused-ring (bicyclic) bond motifs is 1. The molecule has 1 aromatic rings. The molecule has 0 saturated carbocycles. The minimum absolute atomic E-state index is 0.0490. The quantitative estimate of drug-likeness (QED) is 0.884. The Balaban J connectivity index is 2.10. The monoisotopic (exact) mass is 275 g/mol. The lowest BCUT2D eigenvalue weighted by atomic mass is 9.86. The third kappa shape index (κ3) is 3.51. The number of nitrogens with one attached hydrogen (secondary N) is 2. The molecule has 4 nitrogen and oxygen atoms in total. The summed E-state index contributed by atoms with van der Waals surface area (Å²) >= 11 is 0. The van der Waals surface area contributed by atoms with E-state index in [0.29, 0.717) is 6.04 Å². The Kier molecular flexibility index (Phi) is 4.65. The molecule has 0 spiro atoms. The van der Waals surface area contributed by atoms with Gasteiger partial charge in [0.2, 0.25) is 5.91 Å². The summed E-state index contributed by atoms with van der Waals surface area (Å²) in [7, 11) is 4.04. The van der Waals surface area contributed by atoms with Crippen molar-refractivity contribution in [2.45, 2.75) is 38.3 Å². The molecular formula is C16H25N3O. The average Bonchev–Trinajstić information content (AvgIpc) is 2.36. The van der Waals surface area contributed by atoms with Crippen LogP contribution in [-0.2, 0) is 4.79 Å². The molecule has 0 radical (unpaired) electrons. The lowest BCUT2D eigenvalue weighted by molar-refractivity contribution is -0.123. The standard InChI is InChI=1S/C16H25N3O/c1-11-9-14(13-7-5-6-8-15(13)17-11)16(20)18-12(2)10-19(3)4/h5-8,11-12,14,17H,9-10H2,1-4H3,(H,18,20). The number of likely N-dealkylation sites (N-methyl/N-ethyl adjacent to an activating group) is 1. The highest BCUT2D eigenvalue weighted by Crippen LogP contribution is 2.34. The molecule has 2 N–H and O–H groups in total. The zero-order chi connectivity index (χ0) is 14.7. The van der Waals surface area contributed by atoms with Gasteiger partial charge >= 0.3 is 0 Å². The number of anilines is 1. The van der Waals surface area contributed by atoms with Crippen LogP contribution in [0, 0.1) is 0 Å². The Labute approximate surface area is 121 Å². The number of amides is 1. The minimum Gasteiger partial charge on any atom is -0.382 e. The molecular weight excluding hydrogens is 250 g/mol. The SMILES string of the molecule is CC(CN(C)C)NC(=O)C1CC(C)Nc2ccccc21. The fourth-order valence-electron chi connectivity index (χ4n) is 2.92. The van der Waals surface area contributed by atoms with Crippen LogP contribution in [-0.4, -0.2) is 43.5 Å². The van der Waals surface area contributed by atoms with Crippen LogP contribution in [0.5, 0.6) is 0 Å². The van der Waals surface area contributed by atoms with Crippen LogP contribution >= 0.6 is 0 Å². The van der Waals surface area contributed by atoms with Crippen molar-refractivity contribution in [3.63, 3.8) is 0 Å². The normalized spacial score (nSPS) is 22.9. The second-order valence-corrected chi connectivity index (χ2v) is 6.09. The highest BCUT2D eigenvalue weighted by atomic mass is 16.2. The van der Waals surface area contributed by atoms with E-state index >= 15 is 0 Å². The van der Waals surface area contributed by atoms with Gasteiger partial charge in [0.25, 0.3) is 0 Å². The lowest BCUT2D eigenvalue weighted by Gasteiger charge is -2.31. The predicted molar refractivity (Wildman–Crippen MR) is 83.0 cm³/mol. The van der Waals surface area contributed by atoms with Gasteiger partial charge in [0.15, 0.2) is 0 Å². The van der Waals surface area contributed by atoms with Gasteiger partial charge in [-0.15, -0.1) is 0 Å². The van der Waals surface area contributed by atoms with Gasteiger partial charge in [0.05, 0.1) is 5.92 Å². The van der Waals surface area contributed by atoms with Crippen LogP contribution in [0.25, 0.3) is 0 Å². The van der Waals surface area contributed by atoms with E-state index < -0.39 is 0 Å². The number of hydrogen-bond acceptors (Lipinski definition) is 3. The number of para-hydroxylation sites is 1. The summed E-state index contributed by atoms with van der Waals surface area (Å²) in [6.45, 7) is 5.03. The molecule has 1 amide bonds. The zero-order valence-electron chi connectivity index (χ0n) is 12.8. The molecule has 0 fully saturated rings. The highest BCUT2D eigenvalue weighted by Gasteiger charge is 2.29. The van der Waals surface area contributed by atoms with Crippen molar-refractivity contribution in [2.24, 2.45) is 0 Å². The number of carbonyl (C=O) groups is 1. The number of hydrogen-bond donors (Lipinski definition) is 2. The van der Waals surface area contributed by atoms with Gasteiger partial charge in [-0.1, -0.05) is 18.2 Å². The van der Waals surface area contributed by atoms with Gasteiger partial charge in [-0.3, -0.25) is 4.79 Å². The molecule has 1 aliphatic heterocycles. The van der Waals surface area contributed by atoms with Gasteiger partial charge in [-0.25, -0.2) is 0 Å². The van der Waals surface area contributed by atoms with Crippen LogP contribution in [0.15, 0.2) is 24.3 Å². The molecule has 110 valence electrons. The summed E-state index contributed by atoms with van der Waals surface area (Å²) in [5, 5.41) is 6.58. The van der Waals surface area contributed by atoms with Crippen molar-refractivity contribution in [3.8, 4) is 0 Å². The summed E-state index contributed by atoms with van der Waals surface area (Å²) in [4.78, 5) is 14.6. The first-order valence-electron chi connectivity index (χ1n) is 7.28. The molecule has 2 rings (SSSR count). The van der Waals surface area contributed by atoms with E-state index in [1.165, 1.54) is 0 Å². The van der Waals surface area contributed by atoms with Gasteiger partial charge in [0.1, 0.15) is 0 Å². The van der Waals surface area contributed by atoms with Crippen molar-refractivity contribution < 1.29 is 4.79 Å². The summed E-state index contributed by atoms with van der Waals surface area (Å²) in [6.07, 6.45) is 0.845. The van der Waals surface area contributed by atoms with Crippen LogP contribution < -0.4 is 10.6 Å². The van der Waals surface area contributed by atoms with Crippen molar-refractivity contribution in [3.05, 3.63) is 29.8 Å². The average molecular weight is 275 g/mol. The molecule has 0 saturated heterocycles. The first-order valence-corrected chi connectivity index (χ1v) is 7.28. The van der Waals surface area contributed by atoms with Gasteiger partial charge in [-0.05, 0) is 46.0 Å². The molecule has 0 aromatic heterocycles. The van der Waals surface area contributed by atoms with E-state index in [-0.39, 0.29) is 17.9 Å². The first-order chi connectivity index (χ1) is 9.47. The van der Waals surface area contributed by atoms with Crippen molar-refractivity contribution in [1.82, 2.24) is 10.2 Å². The molecule has 4 heteroatoms. The molecule has 1 aromatic carbocycles. The minimum atomic E-state index is -0.0490. The number of carbonyl (C=O) groups excluding carboxylic acids is 1. The summed E-state index contributed by atoms with van der Waals surface area (Å²) < 4.78 is 0. The maximum absolute atomic E-state index is 12.5. The van der Waals surface area contributed by atoms with Crippen molar-refractivity contribution in [1.29, 1.82) is 0 Å². The Morgan fingerprint density at radius 2 is 2.15 bits per heavy atom. The third-order valence-corrected chi connectivity index (χ3v) is 3.67. The zero-order valence-corrected chi connectivity index (χ0v) is 12.8. The first kappa shape index (κ1) is 14.9.